The van der Waals surface area contributed by atoms with Gasteiger partial charge in [-0.15, -0.1) is 0 Å². The maximum absolute atomic E-state index is 13.0. The van der Waals surface area contributed by atoms with Crippen molar-refractivity contribution in [2.75, 3.05) is 0 Å². The van der Waals surface area contributed by atoms with E-state index in [0.29, 0.717) is 42.5 Å². The van der Waals surface area contributed by atoms with E-state index in [-0.39, 0.29) is 0 Å². The molecule has 0 aliphatic rings. The number of hydrogen-bond acceptors (Lipinski definition) is 0. The molecule has 0 bridgehead atoms. The average molecular weight is 358 g/mol. The summed E-state index contributed by atoms with van der Waals surface area (Å²) >= 11 is 0. The second-order valence-corrected chi connectivity index (χ2v) is 4.80. The first-order chi connectivity index (χ1) is 10.8. The van der Waals surface area contributed by atoms with Gasteiger partial charge in [-0.1, -0.05) is 18.2 Å². The van der Waals surface area contributed by atoms with Crippen molar-refractivity contribution in [3.63, 3.8) is 0 Å². The van der Waals surface area contributed by atoms with Crippen LogP contribution in [0.3, 0.4) is 0 Å². The van der Waals surface area contributed by atoms with Gasteiger partial charge < -0.3 is 0 Å². The first kappa shape index (κ1) is 18.2. The summed E-state index contributed by atoms with van der Waals surface area (Å²) in [4.78, 5) is 0. The predicted molar refractivity (Wildman–Crippen MR) is 66.9 cm³/mol. The van der Waals surface area contributed by atoms with E-state index >= 15 is 0 Å². The number of rotatable bonds is 1. The quantitative estimate of drug-likeness (QED) is 0.517. The highest BCUT2D eigenvalue weighted by Crippen LogP contribution is 2.44. The minimum Gasteiger partial charge on any atom is -0.166 e. The number of hydrogen-bond donors (Lipinski definition) is 0. The van der Waals surface area contributed by atoms with Crippen LogP contribution in [-0.2, 0) is 18.5 Å². The minimum absolute atomic E-state index is 0.433. The Morgan fingerprint density at radius 1 is 0.500 bits per heavy atom. The Kier molecular flexibility index (Phi) is 4.32. The van der Waals surface area contributed by atoms with Gasteiger partial charge in [0.1, 0.15) is 0 Å². The lowest BCUT2D eigenvalue weighted by molar-refractivity contribution is -0.142. The van der Waals surface area contributed by atoms with Gasteiger partial charge in [0.2, 0.25) is 0 Å². The molecule has 0 amide bonds. The summed E-state index contributed by atoms with van der Waals surface area (Å²) in [5.74, 6) is 0. The molecule has 0 aliphatic carbocycles. The fraction of sp³-hybridized carbons (Fsp3) is 0.200. The van der Waals surface area contributed by atoms with Crippen molar-refractivity contribution in [1.29, 1.82) is 0 Å². The third kappa shape index (κ3) is 3.65. The normalized spacial score (nSPS) is 13.2. The minimum atomic E-state index is -5.10. The van der Waals surface area contributed by atoms with Crippen LogP contribution in [0.4, 0.5) is 39.5 Å². The molecule has 0 heterocycles. The van der Waals surface area contributed by atoms with Gasteiger partial charge in [0.05, 0.1) is 16.7 Å². The van der Waals surface area contributed by atoms with Crippen molar-refractivity contribution in [1.82, 2.24) is 0 Å². The van der Waals surface area contributed by atoms with Crippen molar-refractivity contribution in [3.8, 4) is 11.1 Å². The van der Waals surface area contributed by atoms with Crippen molar-refractivity contribution < 1.29 is 39.5 Å². The monoisotopic (exact) mass is 358 g/mol. The van der Waals surface area contributed by atoms with E-state index in [4.69, 9.17) is 0 Å². The first-order valence-corrected chi connectivity index (χ1v) is 6.27. The molecule has 0 fully saturated rings. The van der Waals surface area contributed by atoms with Crippen LogP contribution in [0, 0.1) is 0 Å². The van der Waals surface area contributed by atoms with Crippen LogP contribution in [0.1, 0.15) is 16.7 Å². The molecule has 0 spiro atoms. The fourth-order valence-corrected chi connectivity index (χ4v) is 2.16. The number of alkyl halides is 9. The molecule has 0 unspecified atom stereocenters. The Morgan fingerprint density at radius 3 is 1.25 bits per heavy atom. The van der Waals surface area contributed by atoms with Gasteiger partial charge >= 0.3 is 18.5 Å². The molecule has 0 aliphatic heterocycles. The lowest BCUT2D eigenvalue weighted by atomic mass is 9.93. The topological polar surface area (TPSA) is 0 Å². The molecule has 0 saturated carbocycles. The van der Waals surface area contributed by atoms with Crippen LogP contribution in [0.25, 0.3) is 11.1 Å². The summed E-state index contributed by atoms with van der Waals surface area (Å²) in [6, 6.07) is 3.53. The van der Waals surface area contributed by atoms with E-state index in [1.165, 1.54) is 0 Å². The second-order valence-electron chi connectivity index (χ2n) is 4.80. The molecule has 130 valence electrons. The Hall–Kier alpha value is -2.19. The van der Waals surface area contributed by atoms with E-state index in [0.717, 1.165) is 0 Å². The molecule has 9 heteroatoms. The van der Waals surface area contributed by atoms with E-state index in [2.05, 4.69) is 0 Å². The Balaban J connectivity index is 2.72. The smallest absolute Gasteiger partial charge is 0.166 e. The predicted octanol–water partition coefficient (Wildman–Crippen LogP) is 6.41. The van der Waals surface area contributed by atoms with Crippen LogP contribution < -0.4 is 0 Å². The zero-order valence-corrected chi connectivity index (χ0v) is 11.4. The summed E-state index contributed by atoms with van der Waals surface area (Å²) in [6.45, 7) is 0. The summed E-state index contributed by atoms with van der Waals surface area (Å²) in [7, 11) is 0. The van der Waals surface area contributed by atoms with Crippen LogP contribution >= 0.6 is 0 Å². The Labute approximate surface area is 129 Å². The molecule has 2 aromatic carbocycles. The zero-order chi connectivity index (χ0) is 18.3. The fourth-order valence-electron chi connectivity index (χ4n) is 2.16. The van der Waals surface area contributed by atoms with E-state index in [1.54, 1.807) is 0 Å². The lowest BCUT2D eigenvalue weighted by Gasteiger charge is -2.19. The standard InChI is InChI=1S/C15H7F9/c16-13(17,18)9-6-4-8(5-7-9)12-10(14(19,20)21)2-1-3-11(12)15(22,23)24/h1-7H. The molecular weight excluding hydrogens is 351 g/mol. The molecule has 2 rings (SSSR count). The number of benzene rings is 2. The van der Waals surface area contributed by atoms with Crippen molar-refractivity contribution >= 4 is 0 Å². The molecule has 2 aromatic rings. The Morgan fingerprint density at radius 2 is 0.917 bits per heavy atom. The number of halogens is 9. The average Bonchev–Trinajstić information content (AvgIpc) is 2.44. The molecule has 24 heavy (non-hydrogen) atoms. The first-order valence-electron chi connectivity index (χ1n) is 6.27. The highest BCUT2D eigenvalue weighted by molar-refractivity contribution is 5.72. The molecule has 0 atom stereocenters. The van der Waals surface area contributed by atoms with Crippen LogP contribution in [0.5, 0.6) is 0 Å². The van der Waals surface area contributed by atoms with Crippen molar-refractivity contribution in [2.45, 2.75) is 18.5 Å². The third-order valence-electron chi connectivity index (χ3n) is 3.18. The van der Waals surface area contributed by atoms with Gasteiger partial charge in [0.25, 0.3) is 0 Å². The molecule has 0 saturated heterocycles. The second kappa shape index (κ2) is 5.71. The largest absolute Gasteiger partial charge is 0.417 e. The Bertz CT molecular complexity index is 686. The SMILES string of the molecule is FC(F)(F)c1ccc(-c2c(C(F)(F)F)cccc2C(F)(F)F)cc1. The maximum atomic E-state index is 13.0. The van der Waals surface area contributed by atoms with Crippen LogP contribution in [0.2, 0.25) is 0 Å². The van der Waals surface area contributed by atoms with E-state index < -0.39 is 46.3 Å². The highest BCUT2D eigenvalue weighted by atomic mass is 19.4. The van der Waals surface area contributed by atoms with Crippen molar-refractivity contribution in [3.05, 3.63) is 59.2 Å². The molecule has 0 radical (unpaired) electrons. The highest BCUT2D eigenvalue weighted by Gasteiger charge is 2.41. The van der Waals surface area contributed by atoms with Gasteiger partial charge in [0, 0.05) is 5.56 Å². The maximum Gasteiger partial charge on any atom is 0.417 e. The summed E-state index contributed by atoms with van der Waals surface area (Å²) in [6.07, 6.45) is -15.0. The van der Waals surface area contributed by atoms with E-state index in [9.17, 15) is 39.5 Å². The molecular formula is C15H7F9. The zero-order valence-electron chi connectivity index (χ0n) is 11.4. The van der Waals surface area contributed by atoms with Gasteiger partial charge in [0.15, 0.2) is 0 Å². The van der Waals surface area contributed by atoms with Gasteiger partial charge in [-0.25, -0.2) is 0 Å². The summed E-state index contributed by atoms with van der Waals surface area (Å²) in [5.41, 5.74) is -6.13. The third-order valence-corrected chi connectivity index (χ3v) is 3.18. The van der Waals surface area contributed by atoms with Gasteiger partial charge in [-0.05, 0) is 29.8 Å². The lowest BCUT2D eigenvalue weighted by Crippen LogP contribution is -2.14. The van der Waals surface area contributed by atoms with Crippen molar-refractivity contribution in [2.24, 2.45) is 0 Å². The molecule has 0 aromatic heterocycles. The molecule has 0 N–H and O–H groups in total. The summed E-state index contributed by atoms with van der Waals surface area (Å²) in [5, 5.41) is 0. The van der Waals surface area contributed by atoms with Crippen LogP contribution in [0.15, 0.2) is 42.5 Å². The van der Waals surface area contributed by atoms with E-state index in [1.807, 2.05) is 0 Å². The van der Waals surface area contributed by atoms with Gasteiger partial charge in [-0.2, -0.15) is 39.5 Å². The summed E-state index contributed by atoms with van der Waals surface area (Å²) < 4.78 is 116. The van der Waals surface area contributed by atoms with Gasteiger partial charge in [-0.3, -0.25) is 0 Å². The van der Waals surface area contributed by atoms with Crippen LogP contribution in [-0.4, -0.2) is 0 Å². The molecule has 0 nitrogen and oxygen atoms in total.